The molecule has 1 aromatic heterocycles. The molecular formula is C17H24Cl2N2O. The van der Waals surface area contributed by atoms with Gasteiger partial charge in [-0.3, -0.25) is 5.10 Å². The molecule has 1 heterocycles. The van der Waals surface area contributed by atoms with Crippen LogP contribution in [0, 0.1) is 20.8 Å². The number of hydrogen-bond donors (Lipinski definition) is 1. The van der Waals surface area contributed by atoms with E-state index in [9.17, 15) is 0 Å². The van der Waals surface area contributed by atoms with Gasteiger partial charge < -0.3 is 4.74 Å². The number of nitrogens with zero attached hydrogens (tertiary/aromatic N) is 1. The number of aromatic amines is 1. The van der Waals surface area contributed by atoms with Crippen LogP contribution in [0.25, 0.3) is 0 Å². The Morgan fingerprint density at radius 1 is 1.14 bits per heavy atom. The Bertz CT molecular complexity index is 577. The van der Waals surface area contributed by atoms with Crippen LogP contribution in [0.15, 0.2) is 18.2 Å². The van der Waals surface area contributed by atoms with E-state index in [2.05, 4.69) is 24.0 Å². The van der Waals surface area contributed by atoms with Gasteiger partial charge in [0.2, 0.25) is 0 Å². The molecular weight excluding hydrogens is 319 g/mol. The molecule has 0 amide bonds. The summed E-state index contributed by atoms with van der Waals surface area (Å²) < 4.78 is 5.73. The first-order valence-corrected chi connectivity index (χ1v) is 7.85. The van der Waals surface area contributed by atoms with Gasteiger partial charge in [0.1, 0.15) is 5.75 Å². The molecule has 0 aliphatic rings. The van der Waals surface area contributed by atoms with Crippen molar-refractivity contribution in [3.8, 4) is 5.75 Å². The Morgan fingerprint density at radius 3 is 2.55 bits per heavy atom. The van der Waals surface area contributed by atoms with Crippen molar-refractivity contribution >= 4 is 24.0 Å². The van der Waals surface area contributed by atoms with Crippen molar-refractivity contribution < 1.29 is 4.74 Å². The van der Waals surface area contributed by atoms with Crippen molar-refractivity contribution in [2.45, 2.75) is 46.5 Å². The van der Waals surface area contributed by atoms with E-state index in [-0.39, 0.29) is 12.4 Å². The minimum atomic E-state index is 0. The molecule has 0 fully saturated rings. The maximum atomic E-state index is 6.14. The van der Waals surface area contributed by atoms with Gasteiger partial charge in [-0.25, -0.2) is 0 Å². The summed E-state index contributed by atoms with van der Waals surface area (Å²) in [6.45, 7) is 6.88. The number of nitrogens with one attached hydrogen (secondary N) is 1. The van der Waals surface area contributed by atoms with Crippen LogP contribution in [0.2, 0.25) is 5.02 Å². The summed E-state index contributed by atoms with van der Waals surface area (Å²) in [7, 11) is 0. The molecule has 0 bridgehead atoms. The first kappa shape index (κ1) is 18.9. The van der Waals surface area contributed by atoms with E-state index in [0.717, 1.165) is 42.7 Å². The van der Waals surface area contributed by atoms with Crippen molar-refractivity contribution in [3.05, 3.63) is 45.7 Å². The largest absolute Gasteiger partial charge is 0.492 e. The third-order valence-corrected chi connectivity index (χ3v) is 3.99. The minimum absolute atomic E-state index is 0. The van der Waals surface area contributed by atoms with Crippen molar-refractivity contribution in [1.29, 1.82) is 0 Å². The molecule has 22 heavy (non-hydrogen) atoms. The Kier molecular flexibility index (Phi) is 7.77. The molecule has 0 saturated heterocycles. The van der Waals surface area contributed by atoms with Gasteiger partial charge in [-0.05, 0) is 69.7 Å². The predicted octanol–water partition coefficient (Wildman–Crippen LogP) is 5.20. The van der Waals surface area contributed by atoms with Crippen LogP contribution in [-0.2, 0) is 6.42 Å². The molecule has 0 unspecified atom stereocenters. The second kappa shape index (κ2) is 9.06. The topological polar surface area (TPSA) is 37.9 Å². The maximum absolute atomic E-state index is 6.14. The Hall–Kier alpha value is -1.19. The highest BCUT2D eigenvalue weighted by molar-refractivity contribution is 6.32. The van der Waals surface area contributed by atoms with E-state index < -0.39 is 0 Å². The predicted molar refractivity (Wildman–Crippen MR) is 94.5 cm³/mol. The van der Waals surface area contributed by atoms with Crippen molar-refractivity contribution in [3.63, 3.8) is 0 Å². The van der Waals surface area contributed by atoms with E-state index >= 15 is 0 Å². The SMILES string of the molecule is Cc1ccc(OCCCCCc2c(C)n[nH]c2C)c(Cl)c1.Cl. The number of ether oxygens (including phenoxy) is 1. The molecule has 0 aliphatic heterocycles. The highest BCUT2D eigenvalue weighted by atomic mass is 35.5. The summed E-state index contributed by atoms with van der Waals surface area (Å²) in [5.41, 5.74) is 4.82. The van der Waals surface area contributed by atoms with E-state index in [0.29, 0.717) is 11.6 Å². The van der Waals surface area contributed by atoms with Gasteiger partial charge in [-0.2, -0.15) is 5.10 Å². The van der Waals surface area contributed by atoms with Crippen molar-refractivity contribution in [1.82, 2.24) is 10.2 Å². The van der Waals surface area contributed by atoms with Crippen LogP contribution in [-0.4, -0.2) is 16.8 Å². The number of aryl methyl sites for hydroxylation is 3. The van der Waals surface area contributed by atoms with Crippen LogP contribution < -0.4 is 4.74 Å². The smallest absolute Gasteiger partial charge is 0.137 e. The monoisotopic (exact) mass is 342 g/mol. The Morgan fingerprint density at radius 2 is 1.91 bits per heavy atom. The van der Waals surface area contributed by atoms with Gasteiger partial charge in [0.15, 0.2) is 0 Å². The zero-order chi connectivity index (χ0) is 15.2. The number of aromatic nitrogens is 2. The molecule has 1 aromatic carbocycles. The lowest BCUT2D eigenvalue weighted by atomic mass is 10.1. The zero-order valence-electron chi connectivity index (χ0n) is 13.4. The fraction of sp³-hybridized carbons (Fsp3) is 0.471. The Balaban J connectivity index is 0.00000242. The number of halogens is 2. The number of H-pyrrole nitrogens is 1. The summed E-state index contributed by atoms with van der Waals surface area (Å²) in [6, 6.07) is 5.89. The molecule has 0 spiro atoms. The van der Waals surface area contributed by atoms with Crippen molar-refractivity contribution in [2.75, 3.05) is 6.61 Å². The molecule has 3 nitrogen and oxygen atoms in total. The fourth-order valence-electron chi connectivity index (χ4n) is 2.43. The maximum Gasteiger partial charge on any atom is 0.137 e. The molecule has 2 rings (SSSR count). The molecule has 122 valence electrons. The summed E-state index contributed by atoms with van der Waals surface area (Å²) in [4.78, 5) is 0. The molecule has 0 radical (unpaired) electrons. The van der Waals surface area contributed by atoms with E-state index in [1.165, 1.54) is 11.3 Å². The molecule has 0 aliphatic carbocycles. The van der Waals surface area contributed by atoms with Gasteiger partial charge in [-0.1, -0.05) is 17.7 Å². The molecule has 2 aromatic rings. The van der Waals surface area contributed by atoms with E-state index in [1.807, 2.05) is 25.1 Å². The van der Waals surface area contributed by atoms with E-state index in [1.54, 1.807) is 0 Å². The quantitative estimate of drug-likeness (QED) is 0.702. The first-order chi connectivity index (χ1) is 10.1. The number of benzene rings is 1. The van der Waals surface area contributed by atoms with Crippen LogP contribution in [0.5, 0.6) is 5.75 Å². The standard InChI is InChI=1S/C17H23ClN2O.ClH/c1-12-8-9-17(16(18)11-12)21-10-6-4-5-7-15-13(2)19-20-14(15)3;/h8-9,11H,4-7,10H2,1-3H3,(H,19,20);1H. The highest BCUT2D eigenvalue weighted by Crippen LogP contribution is 2.25. The number of rotatable bonds is 7. The minimum Gasteiger partial charge on any atom is -0.492 e. The van der Waals surface area contributed by atoms with Gasteiger partial charge in [0, 0.05) is 5.69 Å². The van der Waals surface area contributed by atoms with Gasteiger partial charge in [0.05, 0.1) is 17.3 Å². The van der Waals surface area contributed by atoms with Gasteiger partial charge >= 0.3 is 0 Å². The lowest BCUT2D eigenvalue weighted by Gasteiger charge is -2.08. The Labute approximate surface area is 143 Å². The molecule has 1 N–H and O–H groups in total. The van der Waals surface area contributed by atoms with Gasteiger partial charge in [0.25, 0.3) is 0 Å². The van der Waals surface area contributed by atoms with E-state index in [4.69, 9.17) is 16.3 Å². The van der Waals surface area contributed by atoms with Crippen LogP contribution in [0.4, 0.5) is 0 Å². The number of hydrogen-bond acceptors (Lipinski definition) is 2. The highest BCUT2D eigenvalue weighted by Gasteiger charge is 2.05. The summed E-state index contributed by atoms with van der Waals surface area (Å²) in [5, 5.41) is 7.95. The third-order valence-electron chi connectivity index (χ3n) is 3.70. The van der Waals surface area contributed by atoms with Crippen molar-refractivity contribution in [2.24, 2.45) is 0 Å². The summed E-state index contributed by atoms with van der Waals surface area (Å²) in [6.07, 6.45) is 4.43. The lowest BCUT2D eigenvalue weighted by molar-refractivity contribution is 0.305. The molecule has 0 saturated carbocycles. The third kappa shape index (κ3) is 5.22. The summed E-state index contributed by atoms with van der Waals surface area (Å²) >= 11 is 6.14. The second-order valence-corrected chi connectivity index (χ2v) is 5.91. The van der Waals surface area contributed by atoms with Gasteiger partial charge in [-0.15, -0.1) is 12.4 Å². The number of unbranched alkanes of at least 4 members (excludes halogenated alkanes) is 2. The second-order valence-electron chi connectivity index (χ2n) is 5.51. The van der Waals surface area contributed by atoms with Crippen LogP contribution >= 0.6 is 24.0 Å². The lowest BCUT2D eigenvalue weighted by Crippen LogP contribution is -1.99. The average Bonchev–Trinajstić information content (AvgIpc) is 2.76. The fourth-order valence-corrected chi connectivity index (χ4v) is 2.72. The normalized spacial score (nSPS) is 10.4. The summed E-state index contributed by atoms with van der Waals surface area (Å²) in [5.74, 6) is 0.781. The molecule has 5 heteroatoms. The molecule has 0 atom stereocenters. The average molecular weight is 343 g/mol. The van der Waals surface area contributed by atoms with Crippen LogP contribution in [0.1, 0.15) is 41.8 Å². The van der Waals surface area contributed by atoms with Crippen LogP contribution in [0.3, 0.4) is 0 Å². The first-order valence-electron chi connectivity index (χ1n) is 7.47. The zero-order valence-corrected chi connectivity index (χ0v) is 15.0.